The molecule has 0 rings (SSSR count). The van der Waals surface area contributed by atoms with Crippen molar-refractivity contribution >= 4 is 5.97 Å². The SMILES string of the molecule is CC/C=C/C/C=C/C/C=C/C/C=C/C=C/[C@H](CCCC(=O)O)OO. The number of carboxylic acid groups (broad SMARTS) is 1. The highest BCUT2D eigenvalue weighted by molar-refractivity contribution is 5.66. The molecule has 0 aliphatic carbocycles. The van der Waals surface area contributed by atoms with E-state index in [0.29, 0.717) is 12.8 Å². The fourth-order valence-electron chi connectivity index (χ4n) is 1.87. The van der Waals surface area contributed by atoms with E-state index >= 15 is 0 Å². The topological polar surface area (TPSA) is 66.8 Å². The molecule has 134 valence electrons. The molecule has 0 bridgehead atoms. The number of rotatable bonds is 14. The van der Waals surface area contributed by atoms with Gasteiger partial charge in [-0.15, -0.1) is 0 Å². The first-order valence-electron chi connectivity index (χ1n) is 8.51. The lowest BCUT2D eigenvalue weighted by molar-refractivity contribution is -0.267. The van der Waals surface area contributed by atoms with Crippen molar-refractivity contribution in [3.8, 4) is 0 Å². The molecule has 0 radical (unpaired) electrons. The van der Waals surface area contributed by atoms with Crippen molar-refractivity contribution in [1.29, 1.82) is 0 Å². The highest BCUT2D eigenvalue weighted by Gasteiger charge is 2.05. The lowest BCUT2D eigenvalue weighted by Gasteiger charge is -2.06. The van der Waals surface area contributed by atoms with Crippen LogP contribution in [0.2, 0.25) is 0 Å². The molecule has 0 aromatic carbocycles. The minimum atomic E-state index is -0.838. The van der Waals surface area contributed by atoms with E-state index in [4.69, 9.17) is 10.4 Å². The molecule has 24 heavy (non-hydrogen) atoms. The van der Waals surface area contributed by atoms with Crippen molar-refractivity contribution in [3.05, 3.63) is 60.8 Å². The Morgan fingerprint density at radius 2 is 1.54 bits per heavy atom. The third-order valence-electron chi connectivity index (χ3n) is 3.14. The van der Waals surface area contributed by atoms with Crippen LogP contribution in [0.4, 0.5) is 0 Å². The van der Waals surface area contributed by atoms with E-state index in [0.717, 1.165) is 25.7 Å². The standard InChI is InChI=1S/C20H30O4/c1-2-3-4-5-6-7-8-9-10-11-12-13-14-16-19(24-23)17-15-18-20(21)22/h3-4,6-7,9-10,12-14,16,19,23H,2,5,8,11,15,17-18H2,1H3,(H,21,22)/b4-3+,7-6+,10-9+,13-12+,16-14+/t19-/m1/s1. The molecule has 2 N–H and O–H groups in total. The Morgan fingerprint density at radius 3 is 2.08 bits per heavy atom. The molecule has 0 fully saturated rings. The largest absolute Gasteiger partial charge is 0.481 e. The highest BCUT2D eigenvalue weighted by atomic mass is 17.1. The maximum Gasteiger partial charge on any atom is 0.303 e. The second-order valence-electron chi connectivity index (χ2n) is 5.27. The van der Waals surface area contributed by atoms with Crippen molar-refractivity contribution in [1.82, 2.24) is 0 Å². The molecule has 0 spiro atoms. The number of aliphatic carboxylic acids is 1. The van der Waals surface area contributed by atoms with Gasteiger partial charge in [0.05, 0.1) is 0 Å². The monoisotopic (exact) mass is 334 g/mol. The maximum atomic E-state index is 10.4. The van der Waals surface area contributed by atoms with Crippen LogP contribution in [-0.2, 0) is 9.68 Å². The fraction of sp³-hybridized carbons (Fsp3) is 0.450. The van der Waals surface area contributed by atoms with Crippen LogP contribution in [0.3, 0.4) is 0 Å². The summed E-state index contributed by atoms with van der Waals surface area (Å²) in [5, 5.41) is 17.3. The van der Waals surface area contributed by atoms with Crippen molar-refractivity contribution in [2.24, 2.45) is 0 Å². The predicted octanol–water partition coefficient (Wildman–Crippen LogP) is 5.46. The smallest absolute Gasteiger partial charge is 0.303 e. The molecular formula is C20H30O4. The summed E-state index contributed by atoms with van der Waals surface area (Å²) in [7, 11) is 0. The van der Waals surface area contributed by atoms with Crippen LogP contribution in [0.25, 0.3) is 0 Å². The third kappa shape index (κ3) is 16.5. The lowest BCUT2D eigenvalue weighted by Crippen LogP contribution is -2.08. The molecular weight excluding hydrogens is 304 g/mol. The summed E-state index contributed by atoms with van der Waals surface area (Å²) >= 11 is 0. The Morgan fingerprint density at radius 1 is 0.958 bits per heavy atom. The number of carboxylic acids is 1. The molecule has 0 aromatic heterocycles. The summed E-state index contributed by atoms with van der Waals surface area (Å²) in [5.74, 6) is -0.838. The molecule has 4 heteroatoms. The van der Waals surface area contributed by atoms with E-state index in [-0.39, 0.29) is 6.42 Å². The molecule has 0 amide bonds. The zero-order chi connectivity index (χ0) is 17.9. The van der Waals surface area contributed by atoms with Crippen molar-refractivity contribution in [2.45, 2.75) is 58.0 Å². The quantitative estimate of drug-likeness (QED) is 0.191. The highest BCUT2D eigenvalue weighted by Crippen LogP contribution is 2.06. The molecule has 0 aromatic rings. The van der Waals surface area contributed by atoms with Gasteiger partial charge in [-0.05, 0) is 38.5 Å². The lowest BCUT2D eigenvalue weighted by atomic mass is 10.1. The first-order chi connectivity index (χ1) is 11.7. The van der Waals surface area contributed by atoms with E-state index in [1.165, 1.54) is 0 Å². The molecule has 0 saturated heterocycles. The van der Waals surface area contributed by atoms with Gasteiger partial charge in [0.2, 0.25) is 0 Å². The second-order valence-corrected chi connectivity index (χ2v) is 5.27. The fourth-order valence-corrected chi connectivity index (χ4v) is 1.87. The number of hydrogen-bond acceptors (Lipinski definition) is 3. The van der Waals surface area contributed by atoms with Crippen molar-refractivity contribution < 1.29 is 20.0 Å². The average Bonchev–Trinajstić information content (AvgIpc) is 2.57. The Kier molecular flexibility index (Phi) is 16.1. The molecule has 0 aliphatic rings. The van der Waals surface area contributed by atoms with E-state index in [1.54, 1.807) is 12.2 Å². The van der Waals surface area contributed by atoms with Gasteiger partial charge in [0.25, 0.3) is 0 Å². The van der Waals surface area contributed by atoms with Gasteiger partial charge in [-0.25, -0.2) is 4.89 Å². The summed E-state index contributed by atoms with van der Waals surface area (Å²) in [6.07, 6.45) is 24.7. The Labute approximate surface area is 145 Å². The Bertz CT molecular complexity index is 445. The van der Waals surface area contributed by atoms with E-state index in [1.807, 2.05) is 12.2 Å². The first kappa shape index (κ1) is 22.1. The number of carbonyl (C=O) groups is 1. The van der Waals surface area contributed by atoms with Gasteiger partial charge in [-0.2, -0.15) is 0 Å². The van der Waals surface area contributed by atoms with Gasteiger partial charge < -0.3 is 5.11 Å². The first-order valence-corrected chi connectivity index (χ1v) is 8.51. The summed E-state index contributed by atoms with van der Waals surface area (Å²) in [6.45, 7) is 2.13. The Hall–Kier alpha value is -1.91. The molecule has 0 unspecified atom stereocenters. The summed E-state index contributed by atoms with van der Waals surface area (Å²) in [6, 6.07) is 0. The van der Waals surface area contributed by atoms with Gasteiger partial charge in [-0.1, -0.05) is 67.7 Å². The van der Waals surface area contributed by atoms with Crippen LogP contribution in [-0.4, -0.2) is 22.4 Å². The average molecular weight is 334 g/mol. The van der Waals surface area contributed by atoms with Gasteiger partial charge in [-0.3, -0.25) is 10.1 Å². The zero-order valence-corrected chi connectivity index (χ0v) is 14.5. The molecule has 0 saturated carbocycles. The van der Waals surface area contributed by atoms with Gasteiger partial charge in [0, 0.05) is 6.42 Å². The summed E-state index contributed by atoms with van der Waals surface area (Å²) < 4.78 is 0. The van der Waals surface area contributed by atoms with Crippen LogP contribution in [0.5, 0.6) is 0 Å². The third-order valence-corrected chi connectivity index (χ3v) is 3.14. The summed E-state index contributed by atoms with van der Waals surface area (Å²) in [4.78, 5) is 14.7. The molecule has 4 nitrogen and oxygen atoms in total. The number of allylic oxidation sites excluding steroid dienone is 9. The minimum Gasteiger partial charge on any atom is -0.481 e. The van der Waals surface area contributed by atoms with Gasteiger partial charge >= 0.3 is 5.97 Å². The van der Waals surface area contributed by atoms with E-state index in [2.05, 4.69) is 48.3 Å². The van der Waals surface area contributed by atoms with Crippen LogP contribution >= 0.6 is 0 Å². The van der Waals surface area contributed by atoms with Crippen LogP contribution < -0.4 is 0 Å². The summed E-state index contributed by atoms with van der Waals surface area (Å²) in [5.41, 5.74) is 0. The normalized spacial score (nSPS) is 14.1. The predicted molar refractivity (Wildman–Crippen MR) is 98.8 cm³/mol. The van der Waals surface area contributed by atoms with Crippen molar-refractivity contribution in [3.63, 3.8) is 0 Å². The number of hydrogen-bond donors (Lipinski definition) is 2. The maximum absolute atomic E-state index is 10.4. The van der Waals surface area contributed by atoms with Gasteiger partial charge in [0.15, 0.2) is 0 Å². The molecule has 0 heterocycles. The van der Waals surface area contributed by atoms with E-state index < -0.39 is 12.1 Å². The molecule has 0 aliphatic heterocycles. The van der Waals surface area contributed by atoms with Gasteiger partial charge in [0.1, 0.15) is 6.10 Å². The molecule has 1 atom stereocenters. The zero-order valence-electron chi connectivity index (χ0n) is 14.5. The van der Waals surface area contributed by atoms with Crippen LogP contribution in [0.15, 0.2) is 60.8 Å². The minimum absolute atomic E-state index is 0.0810. The van der Waals surface area contributed by atoms with Crippen LogP contribution in [0, 0.1) is 0 Å². The van der Waals surface area contributed by atoms with Crippen molar-refractivity contribution in [2.75, 3.05) is 0 Å². The Balaban J connectivity index is 3.79. The van der Waals surface area contributed by atoms with E-state index in [9.17, 15) is 4.79 Å². The second kappa shape index (κ2) is 17.4. The van der Waals surface area contributed by atoms with Crippen LogP contribution in [0.1, 0.15) is 51.9 Å².